The van der Waals surface area contributed by atoms with E-state index in [0.29, 0.717) is 11.3 Å². The number of carbonyl (C=O) groups excluding carboxylic acids is 1. The molecule has 26 heavy (non-hydrogen) atoms. The number of aromatic nitrogens is 3. The van der Waals surface area contributed by atoms with E-state index < -0.39 is 17.6 Å². The molecule has 1 heterocycles. The van der Waals surface area contributed by atoms with Crippen LogP contribution in [0.15, 0.2) is 48.7 Å². The van der Waals surface area contributed by atoms with E-state index >= 15 is 0 Å². The minimum absolute atomic E-state index is 0.0776. The number of nitrogens with zero attached hydrogens (tertiary/aromatic N) is 3. The van der Waals surface area contributed by atoms with Gasteiger partial charge in [0.05, 0.1) is 18.9 Å². The Hall–Kier alpha value is -3.62. The molecule has 0 aliphatic rings. The number of rotatable bonds is 5. The van der Waals surface area contributed by atoms with E-state index in [2.05, 4.69) is 30.6 Å². The largest absolute Gasteiger partial charge is 0.465 e. The first-order valence-electron chi connectivity index (χ1n) is 7.43. The van der Waals surface area contributed by atoms with Crippen LogP contribution in [0.25, 0.3) is 0 Å². The number of anilines is 4. The van der Waals surface area contributed by atoms with E-state index in [9.17, 15) is 13.6 Å². The van der Waals surface area contributed by atoms with Crippen LogP contribution in [0.4, 0.5) is 31.9 Å². The van der Waals surface area contributed by atoms with E-state index in [0.717, 1.165) is 12.1 Å². The molecule has 0 radical (unpaired) electrons. The number of methoxy groups -OCH3 is 1. The van der Waals surface area contributed by atoms with Crippen molar-refractivity contribution in [1.29, 1.82) is 0 Å². The van der Waals surface area contributed by atoms with Crippen molar-refractivity contribution in [2.45, 2.75) is 0 Å². The third-order valence-corrected chi connectivity index (χ3v) is 3.31. The van der Waals surface area contributed by atoms with Gasteiger partial charge >= 0.3 is 5.97 Å². The van der Waals surface area contributed by atoms with Gasteiger partial charge in [-0.3, -0.25) is 0 Å². The highest BCUT2D eigenvalue weighted by Crippen LogP contribution is 2.22. The fourth-order valence-electron chi connectivity index (χ4n) is 2.13. The standard InChI is InChI=1S/C17H13F2N5O2/c1-26-16(25)10-4-2-5-11(8-10)21-17-23-14(9-20-24-17)22-15-12(18)6-3-7-13(15)19/h2-9H,1H3,(H2,21,22,23,24). The van der Waals surface area contributed by atoms with Gasteiger partial charge < -0.3 is 15.4 Å². The fraction of sp³-hybridized carbons (Fsp3) is 0.0588. The first-order valence-corrected chi connectivity index (χ1v) is 7.43. The average molecular weight is 357 g/mol. The summed E-state index contributed by atoms with van der Waals surface area (Å²) in [5, 5.41) is 12.9. The molecule has 7 nitrogen and oxygen atoms in total. The third kappa shape index (κ3) is 3.89. The van der Waals surface area contributed by atoms with Crippen LogP contribution in [0.5, 0.6) is 0 Å². The van der Waals surface area contributed by atoms with E-state index in [1.807, 2.05) is 0 Å². The third-order valence-electron chi connectivity index (χ3n) is 3.31. The molecule has 0 bridgehead atoms. The van der Waals surface area contributed by atoms with Gasteiger partial charge in [0.15, 0.2) is 5.82 Å². The molecule has 9 heteroatoms. The van der Waals surface area contributed by atoms with Crippen LogP contribution in [0, 0.1) is 11.6 Å². The summed E-state index contributed by atoms with van der Waals surface area (Å²) in [6.45, 7) is 0. The lowest BCUT2D eigenvalue weighted by atomic mass is 10.2. The normalized spacial score (nSPS) is 10.3. The molecule has 0 amide bonds. The molecule has 3 rings (SSSR count). The molecule has 0 unspecified atom stereocenters. The molecule has 0 spiro atoms. The number of esters is 1. The Kier molecular flexibility index (Phi) is 4.97. The van der Waals surface area contributed by atoms with E-state index in [-0.39, 0.29) is 17.5 Å². The van der Waals surface area contributed by atoms with Crippen LogP contribution in [0.1, 0.15) is 10.4 Å². The quantitative estimate of drug-likeness (QED) is 0.676. The molecule has 2 aromatic carbocycles. The van der Waals surface area contributed by atoms with Gasteiger partial charge in [0.1, 0.15) is 17.3 Å². The number of nitrogens with one attached hydrogen (secondary N) is 2. The van der Waals surface area contributed by atoms with Crippen LogP contribution >= 0.6 is 0 Å². The van der Waals surface area contributed by atoms with Gasteiger partial charge in [0.25, 0.3) is 0 Å². The number of ether oxygens (including phenoxy) is 1. The second kappa shape index (κ2) is 7.51. The Balaban J connectivity index is 1.81. The SMILES string of the molecule is COC(=O)c1cccc(Nc2nncc(Nc3c(F)cccc3F)n2)c1. The van der Waals surface area contributed by atoms with Crippen molar-refractivity contribution in [3.63, 3.8) is 0 Å². The molecular formula is C17H13F2N5O2. The van der Waals surface area contributed by atoms with Crippen LogP contribution in [-0.2, 0) is 4.74 Å². The molecule has 0 aliphatic heterocycles. The summed E-state index contributed by atoms with van der Waals surface area (Å²) in [6, 6.07) is 9.98. The van der Waals surface area contributed by atoms with Crippen molar-refractivity contribution in [2.75, 3.05) is 17.7 Å². The Morgan fingerprint density at radius 2 is 1.81 bits per heavy atom. The predicted molar refractivity (Wildman–Crippen MR) is 90.5 cm³/mol. The molecule has 0 saturated carbocycles. The molecule has 1 aromatic heterocycles. The summed E-state index contributed by atoms with van der Waals surface area (Å²) < 4.78 is 32.1. The minimum Gasteiger partial charge on any atom is -0.465 e. The highest BCUT2D eigenvalue weighted by Gasteiger charge is 2.11. The monoisotopic (exact) mass is 357 g/mol. The van der Waals surface area contributed by atoms with Crippen LogP contribution < -0.4 is 10.6 Å². The van der Waals surface area contributed by atoms with E-state index in [4.69, 9.17) is 0 Å². The maximum Gasteiger partial charge on any atom is 0.337 e. The maximum absolute atomic E-state index is 13.7. The lowest BCUT2D eigenvalue weighted by molar-refractivity contribution is 0.0601. The molecule has 0 saturated heterocycles. The molecule has 2 N–H and O–H groups in total. The van der Waals surface area contributed by atoms with E-state index in [1.165, 1.54) is 19.4 Å². The second-order valence-corrected chi connectivity index (χ2v) is 5.08. The summed E-state index contributed by atoms with van der Waals surface area (Å²) >= 11 is 0. The summed E-state index contributed by atoms with van der Waals surface area (Å²) in [5.41, 5.74) is 0.517. The molecule has 0 aliphatic carbocycles. The predicted octanol–water partition coefficient (Wildman–Crippen LogP) is 3.42. The molecule has 0 atom stereocenters. The summed E-state index contributed by atoms with van der Waals surface area (Å²) in [4.78, 5) is 15.7. The Morgan fingerprint density at radius 1 is 1.08 bits per heavy atom. The second-order valence-electron chi connectivity index (χ2n) is 5.08. The molecule has 132 valence electrons. The van der Waals surface area contributed by atoms with Crippen molar-refractivity contribution in [1.82, 2.24) is 15.2 Å². The van der Waals surface area contributed by atoms with Crippen LogP contribution in [-0.4, -0.2) is 28.3 Å². The number of hydrogen-bond acceptors (Lipinski definition) is 7. The summed E-state index contributed by atoms with van der Waals surface area (Å²) in [6.07, 6.45) is 1.22. The van der Waals surface area contributed by atoms with Gasteiger partial charge in [-0.15, -0.1) is 5.10 Å². The number of para-hydroxylation sites is 1. The highest BCUT2D eigenvalue weighted by molar-refractivity contribution is 5.90. The van der Waals surface area contributed by atoms with Gasteiger partial charge in [-0.05, 0) is 30.3 Å². The number of hydrogen-bond donors (Lipinski definition) is 2. The van der Waals surface area contributed by atoms with Gasteiger partial charge in [-0.1, -0.05) is 12.1 Å². The summed E-state index contributed by atoms with van der Waals surface area (Å²) in [5.74, 6) is -1.84. The first-order chi connectivity index (χ1) is 12.6. The lowest BCUT2D eigenvalue weighted by Crippen LogP contribution is -2.05. The number of halogens is 2. The first kappa shape index (κ1) is 17.2. The van der Waals surface area contributed by atoms with Gasteiger partial charge in [-0.25, -0.2) is 13.6 Å². The van der Waals surface area contributed by atoms with Gasteiger partial charge in [0.2, 0.25) is 5.95 Å². The van der Waals surface area contributed by atoms with Crippen LogP contribution in [0.3, 0.4) is 0 Å². The Bertz CT molecular complexity index is 932. The van der Waals surface area contributed by atoms with Crippen molar-refractivity contribution >= 4 is 29.1 Å². The number of benzene rings is 2. The smallest absolute Gasteiger partial charge is 0.337 e. The molecular weight excluding hydrogens is 344 g/mol. The van der Waals surface area contributed by atoms with Crippen LogP contribution in [0.2, 0.25) is 0 Å². The van der Waals surface area contributed by atoms with Gasteiger partial charge in [0, 0.05) is 5.69 Å². The molecule has 3 aromatic rings. The highest BCUT2D eigenvalue weighted by atomic mass is 19.1. The zero-order chi connectivity index (χ0) is 18.5. The fourth-order valence-corrected chi connectivity index (χ4v) is 2.13. The zero-order valence-electron chi connectivity index (χ0n) is 13.5. The Morgan fingerprint density at radius 3 is 2.54 bits per heavy atom. The van der Waals surface area contributed by atoms with Gasteiger partial charge in [-0.2, -0.15) is 10.1 Å². The van der Waals surface area contributed by atoms with E-state index in [1.54, 1.807) is 24.3 Å². The lowest BCUT2D eigenvalue weighted by Gasteiger charge is -2.09. The van der Waals surface area contributed by atoms with Crippen molar-refractivity contribution < 1.29 is 18.3 Å². The maximum atomic E-state index is 13.7. The number of carbonyl (C=O) groups is 1. The topological polar surface area (TPSA) is 89.0 Å². The molecule has 0 fully saturated rings. The van der Waals surface area contributed by atoms with Crippen molar-refractivity contribution in [2.24, 2.45) is 0 Å². The minimum atomic E-state index is -0.760. The average Bonchev–Trinajstić information content (AvgIpc) is 2.65. The zero-order valence-corrected chi connectivity index (χ0v) is 13.5. The van der Waals surface area contributed by atoms with Crippen molar-refractivity contribution in [3.05, 3.63) is 65.9 Å². The van der Waals surface area contributed by atoms with Crippen molar-refractivity contribution in [3.8, 4) is 0 Å². The Labute approximate surface area is 147 Å². The summed E-state index contributed by atoms with van der Waals surface area (Å²) in [7, 11) is 1.28.